The quantitative estimate of drug-likeness (QED) is 0.324. The van der Waals surface area contributed by atoms with Gasteiger partial charge < -0.3 is 5.32 Å². The second-order valence-corrected chi connectivity index (χ2v) is 7.59. The molecule has 2 nitrogen and oxygen atoms in total. The van der Waals surface area contributed by atoms with Gasteiger partial charge >= 0.3 is 12.4 Å². The number of halogens is 6. The van der Waals surface area contributed by atoms with Crippen LogP contribution in [-0.2, 0) is 18.1 Å². The molecule has 31 heavy (non-hydrogen) atoms. The van der Waals surface area contributed by atoms with E-state index < -0.39 is 29.4 Å². The Labute approximate surface area is 178 Å². The lowest BCUT2D eigenvalue weighted by atomic mass is 10.1. The summed E-state index contributed by atoms with van der Waals surface area (Å²) in [6, 6.07) is 15.6. The van der Waals surface area contributed by atoms with Crippen LogP contribution in [0.25, 0.3) is 0 Å². The number of alkyl halides is 6. The molecule has 0 saturated heterocycles. The summed E-state index contributed by atoms with van der Waals surface area (Å²) >= 11 is 1.23. The van der Waals surface area contributed by atoms with Gasteiger partial charge in [-0.05, 0) is 54.1 Å². The summed E-state index contributed by atoms with van der Waals surface area (Å²) in [7, 11) is 0. The Morgan fingerprint density at radius 2 is 1.35 bits per heavy atom. The maximum absolute atomic E-state index is 12.8. The predicted molar refractivity (Wildman–Crippen MR) is 107 cm³/mol. The highest BCUT2D eigenvalue weighted by molar-refractivity contribution is 7.98. The van der Waals surface area contributed by atoms with Gasteiger partial charge in [-0.15, -0.1) is 11.8 Å². The molecule has 0 heterocycles. The molecule has 0 unspecified atom stereocenters. The second-order valence-electron chi connectivity index (χ2n) is 6.54. The summed E-state index contributed by atoms with van der Waals surface area (Å²) < 4.78 is 76.7. The first-order valence-corrected chi connectivity index (χ1v) is 9.88. The highest BCUT2D eigenvalue weighted by Crippen LogP contribution is 2.33. The Kier molecular flexibility index (Phi) is 6.64. The van der Waals surface area contributed by atoms with Crippen LogP contribution in [0, 0.1) is 0 Å². The Balaban J connectivity index is 1.61. The SMILES string of the molecule is O=C(Nc1ccc(CSc2cccc(C(F)(F)F)c2)cc1)c1cccc(C(F)(F)F)c1. The number of amides is 1. The zero-order valence-electron chi connectivity index (χ0n) is 15.7. The van der Waals surface area contributed by atoms with Crippen LogP contribution in [0.4, 0.5) is 32.0 Å². The van der Waals surface area contributed by atoms with Gasteiger partial charge in [0.15, 0.2) is 0 Å². The van der Waals surface area contributed by atoms with Crippen LogP contribution in [0.2, 0.25) is 0 Å². The van der Waals surface area contributed by atoms with E-state index in [9.17, 15) is 31.1 Å². The smallest absolute Gasteiger partial charge is 0.322 e. The van der Waals surface area contributed by atoms with E-state index in [1.54, 1.807) is 30.3 Å². The molecule has 1 N–H and O–H groups in total. The first-order valence-electron chi connectivity index (χ1n) is 8.90. The number of thioether (sulfide) groups is 1. The van der Waals surface area contributed by atoms with Crippen molar-refractivity contribution in [2.24, 2.45) is 0 Å². The molecule has 0 atom stereocenters. The van der Waals surface area contributed by atoms with Crippen LogP contribution in [0.5, 0.6) is 0 Å². The highest BCUT2D eigenvalue weighted by Gasteiger charge is 2.31. The Bertz CT molecular complexity index is 1060. The third kappa shape index (κ3) is 6.27. The molecule has 162 valence electrons. The van der Waals surface area contributed by atoms with Crippen molar-refractivity contribution in [1.82, 2.24) is 0 Å². The monoisotopic (exact) mass is 455 g/mol. The lowest BCUT2D eigenvalue weighted by Gasteiger charge is -2.10. The van der Waals surface area contributed by atoms with Gasteiger partial charge in [0.25, 0.3) is 5.91 Å². The standard InChI is InChI=1S/C22H15F6NOS/c23-21(24,25)16-4-1-3-15(11-16)20(30)29-18-9-7-14(8-10-18)13-31-19-6-2-5-17(12-19)22(26,27)28/h1-12H,13H2,(H,29,30). The predicted octanol–water partition coefficient (Wildman–Crippen LogP) is 7.27. The van der Waals surface area contributed by atoms with Crippen molar-refractivity contribution >= 4 is 23.4 Å². The van der Waals surface area contributed by atoms with E-state index in [-0.39, 0.29) is 5.56 Å². The van der Waals surface area contributed by atoms with Crippen LogP contribution in [0.1, 0.15) is 27.0 Å². The van der Waals surface area contributed by atoms with E-state index in [1.807, 2.05) is 0 Å². The molecule has 3 aromatic carbocycles. The van der Waals surface area contributed by atoms with Gasteiger partial charge in [-0.2, -0.15) is 26.3 Å². The summed E-state index contributed by atoms with van der Waals surface area (Å²) in [6.45, 7) is 0. The van der Waals surface area contributed by atoms with E-state index in [2.05, 4.69) is 5.32 Å². The Hall–Kier alpha value is -2.94. The molecule has 0 aliphatic carbocycles. The minimum absolute atomic E-state index is 0.126. The third-order valence-corrected chi connectivity index (χ3v) is 5.30. The van der Waals surface area contributed by atoms with Crippen molar-refractivity contribution in [3.63, 3.8) is 0 Å². The van der Waals surface area contributed by atoms with Gasteiger partial charge in [0.1, 0.15) is 0 Å². The van der Waals surface area contributed by atoms with Crippen LogP contribution in [0.3, 0.4) is 0 Å². The van der Waals surface area contributed by atoms with E-state index in [1.165, 1.54) is 23.9 Å². The van der Waals surface area contributed by atoms with Crippen LogP contribution in [-0.4, -0.2) is 5.91 Å². The van der Waals surface area contributed by atoms with Crippen molar-refractivity contribution in [2.45, 2.75) is 23.0 Å². The number of hydrogen-bond donors (Lipinski definition) is 1. The molecule has 0 aliphatic heterocycles. The molecule has 9 heteroatoms. The molecule has 0 bridgehead atoms. The maximum Gasteiger partial charge on any atom is 0.416 e. The van der Waals surface area contributed by atoms with Crippen molar-refractivity contribution in [1.29, 1.82) is 0 Å². The third-order valence-electron chi connectivity index (χ3n) is 4.23. The lowest BCUT2D eigenvalue weighted by molar-refractivity contribution is -0.138. The first-order chi connectivity index (χ1) is 14.5. The molecule has 3 aromatic rings. The number of benzene rings is 3. The van der Waals surface area contributed by atoms with Crippen molar-refractivity contribution in [3.8, 4) is 0 Å². The Morgan fingerprint density at radius 1 is 0.774 bits per heavy atom. The number of hydrogen-bond acceptors (Lipinski definition) is 2. The molecule has 0 radical (unpaired) electrons. The average molecular weight is 455 g/mol. The average Bonchev–Trinajstić information content (AvgIpc) is 2.72. The molecule has 0 spiro atoms. The topological polar surface area (TPSA) is 29.1 Å². The fourth-order valence-electron chi connectivity index (χ4n) is 2.65. The summed E-state index contributed by atoms with van der Waals surface area (Å²) in [5.41, 5.74) is -0.569. The van der Waals surface area contributed by atoms with E-state index >= 15 is 0 Å². The van der Waals surface area contributed by atoms with Gasteiger partial charge in [-0.1, -0.05) is 24.3 Å². The molecule has 3 rings (SSSR count). The van der Waals surface area contributed by atoms with Crippen molar-refractivity contribution in [2.75, 3.05) is 5.32 Å². The van der Waals surface area contributed by atoms with Crippen LogP contribution >= 0.6 is 11.8 Å². The summed E-state index contributed by atoms with van der Waals surface area (Å²) in [5.74, 6) is -0.277. The van der Waals surface area contributed by atoms with Crippen LogP contribution in [0.15, 0.2) is 77.7 Å². The zero-order chi connectivity index (χ0) is 22.6. The first kappa shape index (κ1) is 22.7. The van der Waals surface area contributed by atoms with E-state index in [0.717, 1.165) is 35.9 Å². The fraction of sp³-hybridized carbons (Fsp3) is 0.136. The molecule has 0 aliphatic rings. The van der Waals surface area contributed by atoms with E-state index in [0.29, 0.717) is 16.3 Å². The van der Waals surface area contributed by atoms with Gasteiger partial charge in [0.05, 0.1) is 11.1 Å². The largest absolute Gasteiger partial charge is 0.416 e. The zero-order valence-corrected chi connectivity index (χ0v) is 16.5. The fourth-order valence-corrected chi connectivity index (χ4v) is 3.56. The summed E-state index contributed by atoms with van der Waals surface area (Å²) in [6.07, 6.45) is -8.95. The number of rotatable bonds is 5. The van der Waals surface area contributed by atoms with E-state index in [4.69, 9.17) is 0 Å². The van der Waals surface area contributed by atoms with Crippen molar-refractivity contribution in [3.05, 3.63) is 95.1 Å². The summed E-state index contributed by atoms with van der Waals surface area (Å²) in [4.78, 5) is 12.7. The second kappa shape index (κ2) is 9.05. The minimum atomic E-state index is -4.55. The number of nitrogens with one attached hydrogen (secondary N) is 1. The van der Waals surface area contributed by atoms with Gasteiger partial charge in [-0.25, -0.2) is 0 Å². The van der Waals surface area contributed by atoms with Gasteiger partial charge in [0.2, 0.25) is 0 Å². The molecule has 0 fully saturated rings. The molecular weight excluding hydrogens is 440 g/mol. The van der Waals surface area contributed by atoms with Crippen LogP contribution < -0.4 is 5.32 Å². The minimum Gasteiger partial charge on any atom is -0.322 e. The number of carbonyl (C=O) groups is 1. The molecular formula is C22H15F6NOS. The molecule has 1 amide bonds. The number of carbonyl (C=O) groups excluding carboxylic acids is 1. The number of anilines is 1. The highest BCUT2D eigenvalue weighted by atomic mass is 32.2. The van der Waals surface area contributed by atoms with Gasteiger partial charge in [-0.3, -0.25) is 4.79 Å². The normalized spacial score (nSPS) is 11.9. The summed E-state index contributed by atoms with van der Waals surface area (Å²) in [5, 5.41) is 2.52. The maximum atomic E-state index is 12.8. The lowest BCUT2D eigenvalue weighted by Crippen LogP contribution is -2.13. The van der Waals surface area contributed by atoms with Crippen molar-refractivity contribution < 1.29 is 31.1 Å². The molecule has 0 aromatic heterocycles. The Morgan fingerprint density at radius 3 is 1.97 bits per heavy atom. The molecule has 0 saturated carbocycles. The van der Waals surface area contributed by atoms with Gasteiger partial charge in [0, 0.05) is 21.9 Å².